The first-order valence-electron chi connectivity index (χ1n) is 5.69. The van der Waals surface area contributed by atoms with Gasteiger partial charge in [-0.15, -0.1) is 0 Å². The van der Waals surface area contributed by atoms with E-state index in [4.69, 9.17) is 0 Å². The van der Waals surface area contributed by atoms with Crippen molar-refractivity contribution in [1.29, 1.82) is 0 Å². The summed E-state index contributed by atoms with van der Waals surface area (Å²) in [5, 5.41) is 13.9. The lowest BCUT2D eigenvalue weighted by atomic mass is 9.99. The molecule has 4 nitrogen and oxygen atoms in total. The van der Waals surface area contributed by atoms with Crippen molar-refractivity contribution in [2.24, 2.45) is 0 Å². The average Bonchev–Trinajstić information content (AvgIpc) is 2.40. The van der Waals surface area contributed by atoms with Crippen LogP contribution in [0.2, 0.25) is 0 Å². The third kappa shape index (κ3) is 2.55. The number of nitro benzene ring substituents is 1. The van der Waals surface area contributed by atoms with Crippen molar-refractivity contribution in [2.75, 3.05) is 7.05 Å². The summed E-state index contributed by atoms with van der Waals surface area (Å²) < 4.78 is 0. The molecule has 1 N–H and O–H groups in total. The number of rotatable bonds is 4. The summed E-state index contributed by atoms with van der Waals surface area (Å²) in [6.45, 7) is 0.735. The second-order valence-corrected chi connectivity index (χ2v) is 3.99. The molecule has 0 aromatic heterocycles. The number of non-ortho nitro benzene ring substituents is 1. The monoisotopic (exact) mass is 242 g/mol. The molecule has 0 aliphatic rings. The minimum atomic E-state index is -0.371. The van der Waals surface area contributed by atoms with Crippen LogP contribution in [0.15, 0.2) is 48.5 Å². The van der Waals surface area contributed by atoms with Crippen molar-refractivity contribution < 1.29 is 4.92 Å². The Balaban J connectivity index is 2.48. The van der Waals surface area contributed by atoms with E-state index in [0.29, 0.717) is 0 Å². The maximum Gasteiger partial charge on any atom is 0.270 e. The summed E-state index contributed by atoms with van der Waals surface area (Å²) in [5.41, 5.74) is 3.14. The summed E-state index contributed by atoms with van der Waals surface area (Å²) in [7, 11) is 1.88. The maximum absolute atomic E-state index is 10.8. The van der Waals surface area contributed by atoms with E-state index in [0.717, 1.165) is 23.2 Å². The van der Waals surface area contributed by atoms with Crippen LogP contribution in [0.3, 0.4) is 0 Å². The normalized spacial score (nSPS) is 10.3. The van der Waals surface area contributed by atoms with Gasteiger partial charge in [0.1, 0.15) is 0 Å². The molecule has 18 heavy (non-hydrogen) atoms. The lowest BCUT2D eigenvalue weighted by Gasteiger charge is -2.09. The van der Waals surface area contributed by atoms with Gasteiger partial charge >= 0.3 is 0 Å². The molecule has 0 fully saturated rings. The third-order valence-corrected chi connectivity index (χ3v) is 2.75. The molecule has 0 saturated heterocycles. The van der Waals surface area contributed by atoms with Gasteiger partial charge in [-0.3, -0.25) is 10.1 Å². The van der Waals surface area contributed by atoms with E-state index in [-0.39, 0.29) is 10.6 Å². The molecular formula is C14H14N2O2. The van der Waals surface area contributed by atoms with Crippen molar-refractivity contribution in [3.63, 3.8) is 0 Å². The third-order valence-electron chi connectivity index (χ3n) is 2.75. The molecule has 0 bridgehead atoms. The number of nitrogens with one attached hydrogen (secondary N) is 1. The molecular weight excluding hydrogens is 228 g/mol. The summed E-state index contributed by atoms with van der Waals surface area (Å²) in [4.78, 5) is 10.4. The minimum absolute atomic E-state index is 0.117. The van der Waals surface area contributed by atoms with Crippen molar-refractivity contribution in [3.8, 4) is 11.1 Å². The van der Waals surface area contributed by atoms with Gasteiger partial charge < -0.3 is 5.32 Å². The van der Waals surface area contributed by atoms with Gasteiger partial charge in [-0.05, 0) is 23.7 Å². The highest BCUT2D eigenvalue weighted by atomic mass is 16.6. The molecule has 0 heterocycles. The Labute approximate surface area is 105 Å². The Bertz CT molecular complexity index is 567. The molecule has 0 unspecified atom stereocenters. The van der Waals surface area contributed by atoms with E-state index < -0.39 is 0 Å². The fourth-order valence-electron chi connectivity index (χ4n) is 1.93. The Morgan fingerprint density at radius 1 is 1.17 bits per heavy atom. The highest BCUT2D eigenvalue weighted by molar-refractivity contribution is 5.69. The molecule has 0 spiro atoms. The molecule has 2 aromatic carbocycles. The second-order valence-electron chi connectivity index (χ2n) is 3.99. The van der Waals surface area contributed by atoms with Crippen LogP contribution >= 0.6 is 0 Å². The smallest absolute Gasteiger partial charge is 0.270 e. The fraction of sp³-hybridized carbons (Fsp3) is 0.143. The van der Waals surface area contributed by atoms with Crippen LogP contribution in [-0.4, -0.2) is 12.0 Å². The van der Waals surface area contributed by atoms with Crippen LogP contribution in [0.4, 0.5) is 5.69 Å². The van der Waals surface area contributed by atoms with Gasteiger partial charge in [-0.25, -0.2) is 0 Å². The molecule has 0 saturated carbocycles. The number of nitrogens with zero attached hydrogens (tertiary/aromatic N) is 1. The highest BCUT2D eigenvalue weighted by Crippen LogP contribution is 2.26. The molecule has 0 atom stereocenters. The Morgan fingerprint density at radius 2 is 1.94 bits per heavy atom. The predicted molar refractivity (Wildman–Crippen MR) is 71.3 cm³/mol. The molecule has 0 radical (unpaired) electrons. The van der Waals surface area contributed by atoms with Crippen LogP contribution < -0.4 is 5.32 Å². The van der Waals surface area contributed by atoms with E-state index in [1.54, 1.807) is 12.1 Å². The average molecular weight is 242 g/mol. The zero-order chi connectivity index (χ0) is 13.0. The molecule has 92 valence electrons. The minimum Gasteiger partial charge on any atom is -0.316 e. The summed E-state index contributed by atoms with van der Waals surface area (Å²) in [5.74, 6) is 0. The van der Waals surface area contributed by atoms with Crippen LogP contribution in [0.5, 0.6) is 0 Å². The lowest BCUT2D eigenvalue weighted by molar-refractivity contribution is -0.384. The van der Waals surface area contributed by atoms with Gasteiger partial charge in [-0.1, -0.05) is 36.4 Å². The van der Waals surface area contributed by atoms with Crippen molar-refractivity contribution >= 4 is 5.69 Å². The molecule has 0 aliphatic heterocycles. The van der Waals surface area contributed by atoms with E-state index in [2.05, 4.69) is 5.32 Å². The zero-order valence-electron chi connectivity index (χ0n) is 10.1. The Hall–Kier alpha value is -2.20. The van der Waals surface area contributed by atoms with Crippen LogP contribution in [0.1, 0.15) is 5.56 Å². The molecule has 2 aromatic rings. The SMILES string of the molecule is CNCc1ccccc1-c1cccc([N+](=O)[O-])c1. The summed E-state index contributed by atoms with van der Waals surface area (Å²) in [6.07, 6.45) is 0. The van der Waals surface area contributed by atoms with Crippen LogP contribution in [0, 0.1) is 10.1 Å². The summed E-state index contributed by atoms with van der Waals surface area (Å²) in [6, 6.07) is 14.6. The van der Waals surface area contributed by atoms with Gasteiger partial charge in [0.05, 0.1) is 4.92 Å². The quantitative estimate of drug-likeness (QED) is 0.662. The van der Waals surface area contributed by atoms with Gasteiger partial charge in [0.25, 0.3) is 5.69 Å². The number of hydrogen-bond donors (Lipinski definition) is 1. The number of nitro groups is 1. The molecule has 0 aliphatic carbocycles. The first-order chi connectivity index (χ1) is 8.72. The molecule has 0 amide bonds. The van der Waals surface area contributed by atoms with E-state index >= 15 is 0 Å². The predicted octanol–water partition coefficient (Wildman–Crippen LogP) is 2.98. The number of hydrogen-bond acceptors (Lipinski definition) is 3. The van der Waals surface area contributed by atoms with E-state index in [1.165, 1.54) is 6.07 Å². The van der Waals surface area contributed by atoms with Gasteiger partial charge in [0.2, 0.25) is 0 Å². The molecule has 4 heteroatoms. The first-order valence-corrected chi connectivity index (χ1v) is 5.69. The van der Waals surface area contributed by atoms with Gasteiger partial charge in [-0.2, -0.15) is 0 Å². The maximum atomic E-state index is 10.8. The summed E-state index contributed by atoms with van der Waals surface area (Å²) >= 11 is 0. The fourth-order valence-corrected chi connectivity index (χ4v) is 1.93. The van der Waals surface area contributed by atoms with Crippen molar-refractivity contribution in [3.05, 3.63) is 64.2 Å². The second kappa shape index (κ2) is 5.42. The zero-order valence-corrected chi connectivity index (χ0v) is 10.1. The van der Waals surface area contributed by atoms with Crippen LogP contribution in [-0.2, 0) is 6.54 Å². The van der Waals surface area contributed by atoms with E-state index in [9.17, 15) is 10.1 Å². The lowest BCUT2D eigenvalue weighted by Crippen LogP contribution is -2.06. The number of benzene rings is 2. The Kier molecular flexibility index (Phi) is 3.69. The van der Waals surface area contributed by atoms with Gasteiger partial charge in [0, 0.05) is 18.7 Å². The molecule has 2 rings (SSSR count). The Morgan fingerprint density at radius 3 is 2.67 bits per heavy atom. The van der Waals surface area contributed by atoms with Gasteiger partial charge in [0.15, 0.2) is 0 Å². The largest absolute Gasteiger partial charge is 0.316 e. The van der Waals surface area contributed by atoms with Crippen molar-refractivity contribution in [2.45, 2.75) is 6.54 Å². The van der Waals surface area contributed by atoms with E-state index in [1.807, 2.05) is 37.4 Å². The van der Waals surface area contributed by atoms with Crippen molar-refractivity contribution in [1.82, 2.24) is 5.32 Å². The van der Waals surface area contributed by atoms with Crippen LogP contribution in [0.25, 0.3) is 11.1 Å². The highest BCUT2D eigenvalue weighted by Gasteiger charge is 2.09. The standard InChI is InChI=1S/C14H14N2O2/c1-15-10-12-5-2-3-8-14(12)11-6-4-7-13(9-11)16(17)18/h2-9,15H,10H2,1H3. The first kappa shape index (κ1) is 12.3. The topological polar surface area (TPSA) is 55.2 Å².